The van der Waals surface area contributed by atoms with Gasteiger partial charge in [-0.05, 0) is 41.8 Å². The van der Waals surface area contributed by atoms with Crippen LogP contribution in [-0.2, 0) is 10.0 Å². The summed E-state index contributed by atoms with van der Waals surface area (Å²) in [7, 11) is -4.03. The number of rotatable bonds is 3. The Morgan fingerprint density at radius 3 is 2.08 bits per heavy atom. The van der Waals surface area contributed by atoms with Gasteiger partial charge in [0.25, 0.3) is 0 Å². The fourth-order valence-corrected chi connectivity index (χ4v) is 3.51. The van der Waals surface area contributed by atoms with E-state index in [1.165, 1.54) is 18.2 Å². The predicted molar refractivity (Wildman–Crippen MR) is 93.3 cm³/mol. The van der Waals surface area contributed by atoms with E-state index in [0.717, 1.165) is 17.7 Å². The summed E-state index contributed by atoms with van der Waals surface area (Å²) in [5.41, 5.74) is 2.46. The summed E-state index contributed by atoms with van der Waals surface area (Å²) < 4.78 is 51.6. The highest BCUT2D eigenvalue weighted by molar-refractivity contribution is 7.89. The first-order valence-corrected chi connectivity index (χ1v) is 9.00. The van der Waals surface area contributed by atoms with Crippen molar-refractivity contribution in [3.63, 3.8) is 0 Å². The summed E-state index contributed by atoms with van der Waals surface area (Å²) in [4.78, 5) is -0.144. The van der Waals surface area contributed by atoms with E-state index in [2.05, 4.69) is 0 Å². The molecule has 0 unspecified atom stereocenters. The molecule has 0 amide bonds. The van der Waals surface area contributed by atoms with Crippen LogP contribution in [0.1, 0.15) is 5.56 Å². The normalized spacial score (nSPS) is 11.5. The predicted octanol–water partition coefficient (Wildman–Crippen LogP) is 4.25. The van der Waals surface area contributed by atoms with Crippen LogP contribution in [0.3, 0.4) is 0 Å². The quantitative estimate of drug-likeness (QED) is 0.760. The number of hydrogen-bond donors (Lipinski definition) is 1. The van der Waals surface area contributed by atoms with Crippen molar-refractivity contribution in [1.82, 2.24) is 0 Å². The van der Waals surface area contributed by atoms with Crippen molar-refractivity contribution in [2.24, 2.45) is 5.14 Å². The van der Waals surface area contributed by atoms with Crippen molar-refractivity contribution in [2.45, 2.75) is 11.8 Å². The third kappa shape index (κ3) is 3.45. The van der Waals surface area contributed by atoms with Gasteiger partial charge >= 0.3 is 0 Å². The van der Waals surface area contributed by atoms with Crippen LogP contribution in [0.25, 0.3) is 22.3 Å². The molecule has 0 saturated carbocycles. The first-order valence-electron chi connectivity index (χ1n) is 7.45. The molecule has 0 spiro atoms. The van der Waals surface area contributed by atoms with E-state index < -0.39 is 21.7 Å². The molecule has 0 aliphatic carbocycles. The van der Waals surface area contributed by atoms with Gasteiger partial charge in [0.2, 0.25) is 10.0 Å². The van der Waals surface area contributed by atoms with Crippen LogP contribution >= 0.6 is 0 Å². The smallest absolute Gasteiger partial charge is 0.225 e. The third-order valence-corrected chi connectivity index (χ3v) is 4.84. The highest BCUT2D eigenvalue weighted by atomic mass is 32.2. The van der Waals surface area contributed by atoms with Gasteiger partial charge in [-0.15, -0.1) is 0 Å². The molecule has 0 heterocycles. The minimum absolute atomic E-state index is 0.144. The summed E-state index contributed by atoms with van der Waals surface area (Å²) in [5.74, 6) is -2.07. The Bertz CT molecular complexity index is 1060. The Labute approximate surface area is 144 Å². The molecule has 3 aromatic carbocycles. The number of hydrogen-bond acceptors (Lipinski definition) is 2. The van der Waals surface area contributed by atoms with Crippen LogP contribution in [0.4, 0.5) is 8.78 Å². The molecule has 0 saturated heterocycles. The zero-order valence-electron chi connectivity index (χ0n) is 13.3. The zero-order chi connectivity index (χ0) is 18.2. The van der Waals surface area contributed by atoms with Crippen LogP contribution < -0.4 is 5.14 Å². The molecule has 0 atom stereocenters. The molecule has 0 radical (unpaired) electrons. The number of benzene rings is 3. The number of nitrogens with two attached hydrogens (primary N) is 1. The maximum atomic E-state index is 13.9. The third-order valence-electron chi connectivity index (χ3n) is 3.87. The van der Waals surface area contributed by atoms with Crippen molar-refractivity contribution in [3.05, 3.63) is 77.9 Å². The Morgan fingerprint density at radius 2 is 1.44 bits per heavy atom. The average molecular weight is 359 g/mol. The van der Waals surface area contributed by atoms with Crippen molar-refractivity contribution in [1.29, 1.82) is 0 Å². The fourth-order valence-electron chi connectivity index (χ4n) is 2.76. The maximum absolute atomic E-state index is 13.9. The second-order valence-corrected chi connectivity index (χ2v) is 7.25. The van der Waals surface area contributed by atoms with E-state index in [-0.39, 0.29) is 16.0 Å². The standard InChI is InChI=1S/C19H15F2NO2S/c1-12-5-4-6-13(9-12)15-10-17(20)18(21)11-16(15)14-7-2-3-8-19(14)25(22,23)24/h2-11H,1H3,(H2,22,23,24). The molecular formula is C19H15F2NO2S. The molecule has 25 heavy (non-hydrogen) atoms. The van der Waals surface area contributed by atoms with Gasteiger partial charge in [0, 0.05) is 5.56 Å². The van der Waals surface area contributed by atoms with Crippen molar-refractivity contribution in [2.75, 3.05) is 0 Å². The molecule has 0 bridgehead atoms. The van der Waals surface area contributed by atoms with Gasteiger partial charge in [0.05, 0.1) is 4.90 Å². The summed E-state index contributed by atoms with van der Waals surface area (Å²) in [6.45, 7) is 1.88. The molecule has 0 aliphatic heterocycles. The first-order chi connectivity index (χ1) is 11.8. The molecular weight excluding hydrogens is 344 g/mol. The van der Waals surface area contributed by atoms with Crippen LogP contribution in [0.5, 0.6) is 0 Å². The van der Waals surface area contributed by atoms with E-state index in [0.29, 0.717) is 11.1 Å². The molecule has 6 heteroatoms. The van der Waals surface area contributed by atoms with Crippen molar-refractivity contribution < 1.29 is 17.2 Å². The maximum Gasteiger partial charge on any atom is 0.238 e. The van der Waals surface area contributed by atoms with Gasteiger partial charge < -0.3 is 0 Å². The lowest BCUT2D eigenvalue weighted by atomic mass is 9.93. The molecule has 0 aliphatic rings. The lowest BCUT2D eigenvalue weighted by Crippen LogP contribution is -2.13. The van der Waals surface area contributed by atoms with Gasteiger partial charge in [-0.3, -0.25) is 0 Å². The van der Waals surface area contributed by atoms with Crippen LogP contribution in [0.2, 0.25) is 0 Å². The molecule has 0 aromatic heterocycles. The van der Waals surface area contributed by atoms with Crippen LogP contribution in [0, 0.1) is 18.6 Å². The van der Waals surface area contributed by atoms with Crippen LogP contribution in [0.15, 0.2) is 65.6 Å². The summed E-state index contributed by atoms with van der Waals surface area (Å²) in [6, 6.07) is 15.3. The van der Waals surface area contributed by atoms with Gasteiger partial charge in [0.15, 0.2) is 11.6 Å². The first kappa shape index (κ1) is 17.3. The molecule has 128 valence electrons. The number of primary sulfonamides is 1. The molecule has 3 aromatic rings. The van der Waals surface area contributed by atoms with Gasteiger partial charge in [0.1, 0.15) is 0 Å². The Kier molecular flexibility index (Phi) is 4.41. The molecule has 3 rings (SSSR count). The van der Waals surface area contributed by atoms with Gasteiger partial charge in [-0.25, -0.2) is 22.3 Å². The van der Waals surface area contributed by atoms with E-state index in [9.17, 15) is 17.2 Å². The Balaban J connectivity index is 2.37. The Hall–Kier alpha value is -2.57. The van der Waals surface area contributed by atoms with Crippen molar-refractivity contribution >= 4 is 10.0 Å². The highest BCUT2D eigenvalue weighted by Gasteiger charge is 2.20. The summed E-state index contributed by atoms with van der Waals surface area (Å²) in [6.07, 6.45) is 0. The lowest BCUT2D eigenvalue weighted by molar-refractivity contribution is 0.509. The van der Waals surface area contributed by atoms with E-state index in [4.69, 9.17) is 5.14 Å². The van der Waals surface area contributed by atoms with E-state index >= 15 is 0 Å². The van der Waals surface area contributed by atoms with Gasteiger partial charge in [-0.2, -0.15) is 0 Å². The largest absolute Gasteiger partial charge is 0.238 e. The minimum atomic E-state index is -4.03. The van der Waals surface area contributed by atoms with Crippen LogP contribution in [-0.4, -0.2) is 8.42 Å². The second kappa shape index (κ2) is 6.38. The summed E-state index contributed by atoms with van der Waals surface area (Å²) in [5, 5.41) is 5.28. The number of halogens is 2. The molecule has 0 fully saturated rings. The van der Waals surface area contributed by atoms with Gasteiger partial charge in [-0.1, -0.05) is 48.0 Å². The number of sulfonamides is 1. The number of aryl methyl sites for hydroxylation is 1. The monoisotopic (exact) mass is 359 g/mol. The topological polar surface area (TPSA) is 60.2 Å². The fraction of sp³-hybridized carbons (Fsp3) is 0.0526. The van der Waals surface area contributed by atoms with Crippen molar-refractivity contribution in [3.8, 4) is 22.3 Å². The molecule has 3 nitrogen and oxygen atoms in total. The van der Waals surface area contributed by atoms with E-state index in [1.54, 1.807) is 18.2 Å². The summed E-state index contributed by atoms with van der Waals surface area (Å²) >= 11 is 0. The SMILES string of the molecule is Cc1cccc(-c2cc(F)c(F)cc2-c2ccccc2S(N)(=O)=O)c1. The highest BCUT2D eigenvalue weighted by Crippen LogP contribution is 2.37. The lowest BCUT2D eigenvalue weighted by Gasteiger charge is -2.14. The minimum Gasteiger partial charge on any atom is -0.225 e. The second-order valence-electron chi connectivity index (χ2n) is 5.72. The van der Waals surface area contributed by atoms with E-state index in [1.807, 2.05) is 19.1 Å². The molecule has 2 N–H and O–H groups in total. The Morgan fingerprint density at radius 1 is 0.800 bits per heavy atom. The zero-order valence-corrected chi connectivity index (χ0v) is 14.1. The average Bonchev–Trinajstić information content (AvgIpc) is 2.56.